The van der Waals surface area contributed by atoms with Crippen molar-refractivity contribution in [3.63, 3.8) is 0 Å². The Morgan fingerprint density at radius 1 is 1.22 bits per heavy atom. The van der Waals surface area contributed by atoms with Gasteiger partial charge in [-0.15, -0.1) is 0 Å². The first-order valence-electron chi connectivity index (χ1n) is 8.65. The number of fused-ring (bicyclic) bond motifs is 1. The van der Waals surface area contributed by atoms with Crippen LogP contribution in [0.15, 0.2) is 41.3 Å². The Bertz CT molecular complexity index is 1080. The van der Waals surface area contributed by atoms with Gasteiger partial charge in [0.05, 0.1) is 28.0 Å². The summed E-state index contributed by atoms with van der Waals surface area (Å²) in [6.45, 7) is 3.71. The van der Waals surface area contributed by atoms with Crippen LogP contribution >= 0.6 is 11.6 Å². The van der Waals surface area contributed by atoms with Crippen LogP contribution in [0.3, 0.4) is 0 Å². The van der Waals surface area contributed by atoms with Crippen molar-refractivity contribution in [2.24, 2.45) is 0 Å². The highest BCUT2D eigenvalue weighted by atomic mass is 35.5. The quantitative estimate of drug-likeness (QED) is 0.749. The number of rotatable bonds is 3. The molecule has 136 valence electrons. The summed E-state index contributed by atoms with van der Waals surface area (Å²) in [5.41, 5.74) is 1.06. The molecule has 1 N–H and O–H groups in total. The molecule has 1 aromatic carbocycles. The fourth-order valence-electron chi connectivity index (χ4n) is 3.26. The molecular formula is C19H17ClN6O. The highest BCUT2D eigenvalue weighted by Crippen LogP contribution is 2.25. The highest BCUT2D eigenvalue weighted by Gasteiger charge is 2.21. The normalized spacial score (nSPS) is 15.0. The topological polar surface area (TPSA) is 88.9 Å². The first-order valence-corrected chi connectivity index (χ1v) is 9.03. The van der Waals surface area contributed by atoms with E-state index < -0.39 is 0 Å². The van der Waals surface area contributed by atoms with Crippen molar-refractivity contribution in [1.29, 1.82) is 5.26 Å². The van der Waals surface area contributed by atoms with Crippen LogP contribution in [0.5, 0.6) is 0 Å². The van der Waals surface area contributed by atoms with Gasteiger partial charge in [-0.1, -0.05) is 23.7 Å². The van der Waals surface area contributed by atoms with E-state index >= 15 is 0 Å². The molecule has 8 heteroatoms. The molecule has 0 aliphatic carbocycles. The molecule has 1 aliphatic rings. The third kappa shape index (κ3) is 3.63. The third-order valence-electron chi connectivity index (χ3n) is 4.66. The van der Waals surface area contributed by atoms with E-state index in [1.165, 1.54) is 6.20 Å². The molecule has 7 nitrogen and oxygen atoms in total. The Kier molecular flexibility index (Phi) is 4.75. The number of benzene rings is 1. The molecule has 3 heterocycles. The average molecular weight is 381 g/mol. The predicted molar refractivity (Wildman–Crippen MR) is 104 cm³/mol. The predicted octanol–water partition coefficient (Wildman–Crippen LogP) is 2.17. The Morgan fingerprint density at radius 2 is 2.00 bits per heavy atom. The summed E-state index contributed by atoms with van der Waals surface area (Å²) in [7, 11) is 0. The number of halogens is 1. The molecule has 3 aromatic rings. The molecule has 0 unspecified atom stereocenters. The summed E-state index contributed by atoms with van der Waals surface area (Å²) < 4.78 is 0. The van der Waals surface area contributed by atoms with Crippen molar-refractivity contribution in [1.82, 2.24) is 19.9 Å². The van der Waals surface area contributed by atoms with Crippen molar-refractivity contribution in [3.05, 3.63) is 63.3 Å². The molecule has 1 fully saturated rings. The fourth-order valence-corrected chi connectivity index (χ4v) is 3.55. The maximum Gasteiger partial charge on any atom is 0.258 e. The van der Waals surface area contributed by atoms with E-state index in [-0.39, 0.29) is 5.56 Å². The third-order valence-corrected chi connectivity index (χ3v) is 4.94. The van der Waals surface area contributed by atoms with Gasteiger partial charge in [-0.05, 0) is 18.2 Å². The number of aromatic nitrogens is 3. The molecule has 1 aliphatic heterocycles. The summed E-state index contributed by atoms with van der Waals surface area (Å²) in [6, 6.07) is 11.0. The number of nitrogens with one attached hydrogen (secondary N) is 1. The zero-order valence-electron chi connectivity index (χ0n) is 14.5. The van der Waals surface area contributed by atoms with Gasteiger partial charge in [-0.25, -0.2) is 9.97 Å². The van der Waals surface area contributed by atoms with Crippen LogP contribution in [0.25, 0.3) is 10.9 Å². The van der Waals surface area contributed by atoms with Crippen LogP contribution in [0.4, 0.5) is 5.82 Å². The van der Waals surface area contributed by atoms with Crippen LogP contribution in [0, 0.1) is 11.3 Å². The van der Waals surface area contributed by atoms with Crippen molar-refractivity contribution in [2.45, 2.75) is 6.54 Å². The number of anilines is 1. The molecule has 0 bridgehead atoms. The second-order valence-electron chi connectivity index (χ2n) is 6.43. The lowest BCUT2D eigenvalue weighted by molar-refractivity contribution is 0.243. The number of piperazine rings is 1. The SMILES string of the molecule is N#Cc1cnc(N2CCN(Cc3nc4ccccc4c(=O)[nH]3)CC2)c(Cl)c1. The van der Waals surface area contributed by atoms with E-state index in [1.807, 2.05) is 24.3 Å². The number of hydrogen-bond acceptors (Lipinski definition) is 6. The van der Waals surface area contributed by atoms with Crippen LogP contribution in [0.1, 0.15) is 11.4 Å². The Balaban J connectivity index is 1.44. The molecule has 27 heavy (non-hydrogen) atoms. The number of H-pyrrole nitrogens is 1. The number of nitriles is 1. The Morgan fingerprint density at radius 3 is 2.74 bits per heavy atom. The van der Waals surface area contributed by atoms with Gasteiger partial charge in [0.15, 0.2) is 0 Å². The van der Waals surface area contributed by atoms with E-state index in [2.05, 4.69) is 24.8 Å². The maximum absolute atomic E-state index is 12.2. The second kappa shape index (κ2) is 7.35. The van der Waals surface area contributed by atoms with E-state index in [0.717, 1.165) is 26.2 Å². The van der Waals surface area contributed by atoms with Crippen molar-refractivity contribution >= 4 is 28.3 Å². The number of nitrogens with zero attached hydrogens (tertiary/aromatic N) is 5. The average Bonchev–Trinajstić information content (AvgIpc) is 2.69. The maximum atomic E-state index is 12.2. The molecular weight excluding hydrogens is 364 g/mol. The highest BCUT2D eigenvalue weighted by molar-refractivity contribution is 6.33. The van der Waals surface area contributed by atoms with Gasteiger partial charge >= 0.3 is 0 Å². The molecule has 0 atom stereocenters. The minimum absolute atomic E-state index is 0.109. The summed E-state index contributed by atoms with van der Waals surface area (Å²) in [6.07, 6.45) is 1.54. The largest absolute Gasteiger partial charge is 0.353 e. The van der Waals surface area contributed by atoms with Crippen LogP contribution in [-0.2, 0) is 6.54 Å². The summed E-state index contributed by atoms with van der Waals surface area (Å²) in [5, 5.41) is 10.0. The Labute approximate surface area is 160 Å². The minimum Gasteiger partial charge on any atom is -0.353 e. The standard InChI is InChI=1S/C19H17ClN6O/c20-15-9-13(10-21)11-22-18(15)26-7-5-25(6-8-26)12-17-23-16-4-2-1-3-14(16)19(27)24-17/h1-4,9,11H,5-8,12H2,(H,23,24,27). The molecule has 0 radical (unpaired) electrons. The molecule has 0 spiro atoms. The number of hydrogen-bond donors (Lipinski definition) is 1. The first-order chi connectivity index (χ1) is 13.1. The van der Waals surface area contributed by atoms with E-state index in [1.54, 1.807) is 12.1 Å². The van der Waals surface area contributed by atoms with Gasteiger partial charge in [0.25, 0.3) is 5.56 Å². The zero-order valence-corrected chi connectivity index (χ0v) is 15.3. The smallest absolute Gasteiger partial charge is 0.258 e. The van der Waals surface area contributed by atoms with Gasteiger partial charge in [0, 0.05) is 32.4 Å². The number of para-hydroxylation sites is 1. The Hall–Kier alpha value is -2.95. The molecule has 4 rings (SSSR count). The second-order valence-corrected chi connectivity index (χ2v) is 6.84. The van der Waals surface area contributed by atoms with Gasteiger partial charge in [0.1, 0.15) is 17.7 Å². The van der Waals surface area contributed by atoms with Crippen molar-refractivity contribution in [2.75, 3.05) is 31.1 Å². The van der Waals surface area contributed by atoms with E-state index in [9.17, 15) is 4.79 Å². The van der Waals surface area contributed by atoms with Crippen molar-refractivity contribution < 1.29 is 0 Å². The lowest BCUT2D eigenvalue weighted by Gasteiger charge is -2.35. The summed E-state index contributed by atoms with van der Waals surface area (Å²) in [4.78, 5) is 28.3. The van der Waals surface area contributed by atoms with Gasteiger partial charge in [-0.3, -0.25) is 9.69 Å². The van der Waals surface area contributed by atoms with E-state index in [0.29, 0.717) is 39.7 Å². The van der Waals surface area contributed by atoms with Gasteiger partial charge in [0.2, 0.25) is 0 Å². The van der Waals surface area contributed by atoms with Crippen LogP contribution < -0.4 is 10.5 Å². The zero-order chi connectivity index (χ0) is 18.8. The van der Waals surface area contributed by atoms with Crippen molar-refractivity contribution in [3.8, 4) is 6.07 Å². The van der Waals surface area contributed by atoms with Gasteiger partial charge < -0.3 is 9.88 Å². The minimum atomic E-state index is -0.109. The fraction of sp³-hybridized carbons (Fsp3) is 0.263. The summed E-state index contributed by atoms with van der Waals surface area (Å²) in [5.74, 6) is 1.37. The monoisotopic (exact) mass is 380 g/mol. The molecule has 1 saturated heterocycles. The number of pyridine rings is 1. The lowest BCUT2D eigenvalue weighted by atomic mass is 10.2. The first kappa shape index (κ1) is 17.5. The van der Waals surface area contributed by atoms with Crippen LogP contribution in [-0.4, -0.2) is 46.0 Å². The lowest BCUT2D eigenvalue weighted by Crippen LogP contribution is -2.46. The molecule has 0 saturated carbocycles. The van der Waals surface area contributed by atoms with Gasteiger partial charge in [-0.2, -0.15) is 5.26 Å². The number of aromatic amines is 1. The van der Waals surface area contributed by atoms with Crippen LogP contribution in [0.2, 0.25) is 5.02 Å². The molecule has 0 amide bonds. The summed E-state index contributed by atoms with van der Waals surface area (Å²) >= 11 is 6.26. The molecule has 2 aromatic heterocycles. The van der Waals surface area contributed by atoms with E-state index in [4.69, 9.17) is 16.9 Å².